The molecule has 0 spiro atoms. The predicted octanol–water partition coefficient (Wildman–Crippen LogP) is 2.74. The van der Waals surface area contributed by atoms with E-state index in [-0.39, 0.29) is 10.8 Å². The third-order valence-electron chi connectivity index (χ3n) is 4.06. The summed E-state index contributed by atoms with van der Waals surface area (Å²) in [5, 5.41) is 6.94. The van der Waals surface area contributed by atoms with Crippen molar-refractivity contribution < 1.29 is 13.2 Å². The molecule has 7 nitrogen and oxygen atoms in total. The zero-order chi connectivity index (χ0) is 20.1. The van der Waals surface area contributed by atoms with Crippen LogP contribution >= 0.6 is 0 Å². The van der Waals surface area contributed by atoms with Crippen LogP contribution in [0.1, 0.15) is 11.1 Å². The SMILES string of the molecule is CNS(=O)(=O)c1cc(NC(=O)/C=C/c2cnn(-c3ccccc3)c2)ccc1C. The molecule has 1 aromatic heterocycles. The van der Waals surface area contributed by atoms with Gasteiger partial charge < -0.3 is 5.32 Å². The smallest absolute Gasteiger partial charge is 0.248 e. The van der Waals surface area contributed by atoms with Crippen LogP contribution < -0.4 is 10.0 Å². The number of benzene rings is 2. The Balaban J connectivity index is 1.71. The minimum absolute atomic E-state index is 0.126. The number of nitrogens with zero attached hydrogens (tertiary/aromatic N) is 2. The molecule has 0 aliphatic heterocycles. The number of hydrogen-bond acceptors (Lipinski definition) is 4. The molecule has 144 valence electrons. The first kappa shape index (κ1) is 19.5. The van der Waals surface area contributed by atoms with Crippen molar-refractivity contribution in [1.82, 2.24) is 14.5 Å². The van der Waals surface area contributed by atoms with Crippen LogP contribution in [0.25, 0.3) is 11.8 Å². The van der Waals surface area contributed by atoms with Crippen LogP contribution in [0.4, 0.5) is 5.69 Å². The van der Waals surface area contributed by atoms with E-state index in [1.165, 1.54) is 19.2 Å². The third kappa shape index (κ3) is 4.54. The average molecular weight is 396 g/mol. The van der Waals surface area contributed by atoms with Crippen molar-refractivity contribution in [2.75, 3.05) is 12.4 Å². The number of amides is 1. The van der Waals surface area contributed by atoms with Gasteiger partial charge in [-0.25, -0.2) is 17.8 Å². The summed E-state index contributed by atoms with van der Waals surface area (Å²) < 4.78 is 28.1. The average Bonchev–Trinajstić information content (AvgIpc) is 3.17. The summed E-state index contributed by atoms with van der Waals surface area (Å²) in [7, 11) is -2.25. The van der Waals surface area contributed by atoms with Crippen molar-refractivity contribution in [3.8, 4) is 5.69 Å². The highest BCUT2D eigenvalue weighted by Crippen LogP contribution is 2.20. The lowest BCUT2D eigenvalue weighted by atomic mass is 10.2. The number of hydrogen-bond donors (Lipinski definition) is 2. The van der Waals surface area contributed by atoms with Crippen LogP contribution in [-0.4, -0.2) is 31.2 Å². The van der Waals surface area contributed by atoms with Crippen molar-refractivity contribution >= 4 is 27.7 Å². The fourth-order valence-electron chi connectivity index (χ4n) is 2.58. The Kier molecular flexibility index (Phi) is 5.72. The molecular formula is C20H20N4O3S. The number of aromatic nitrogens is 2. The number of sulfonamides is 1. The highest BCUT2D eigenvalue weighted by Gasteiger charge is 2.15. The molecule has 0 atom stereocenters. The van der Waals surface area contributed by atoms with Gasteiger partial charge in [-0.3, -0.25) is 4.79 Å². The van der Waals surface area contributed by atoms with Crippen LogP contribution in [-0.2, 0) is 14.8 Å². The second kappa shape index (κ2) is 8.20. The maximum Gasteiger partial charge on any atom is 0.248 e. The van der Waals surface area contributed by atoms with E-state index in [1.54, 1.807) is 36.0 Å². The summed E-state index contributed by atoms with van der Waals surface area (Å²) in [5.41, 5.74) is 2.68. The van der Waals surface area contributed by atoms with Gasteiger partial charge >= 0.3 is 0 Å². The van der Waals surface area contributed by atoms with Crippen molar-refractivity contribution in [2.24, 2.45) is 0 Å². The summed E-state index contributed by atoms with van der Waals surface area (Å²) >= 11 is 0. The van der Waals surface area contributed by atoms with E-state index in [9.17, 15) is 13.2 Å². The summed E-state index contributed by atoms with van der Waals surface area (Å²) in [5.74, 6) is -0.371. The van der Waals surface area contributed by atoms with E-state index in [0.29, 0.717) is 11.3 Å². The van der Waals surface area contributed by atoms with Crippen LogP contribution in [0, 0.1) is 6.92 Å². The van der Waals surface area contributed by atoms with E-state index in [2.05, 4.69) is 15.1 Å². The molecule has 0 bridgehead atoms. The van der Waals surface area contributed by atoms with Gasteiger partial charge in [-0.05, 0) is 49.9 Å². The number of carbonyl (C=O) groups is 1. The van der Waals surface area contributed by atoms with Crippen LogP contribution in [0.2, 0.25) is 0 Å². The van der Waals surface area contributed by atoms with E-state index in [4.69, 9.17) is 0 Å². The minimum atomic E-state index is -3.60. The second-order valence-electron chi connectivity index (χ2n) is 6.06. The van der Waals surface area contributed by atoms with Crippen molar-refractivity contribution in [3.05, 3.63) is 78.1 Å². The van der Waals surface area contributed by atoms with Gasteiger partial charge in [0.05, 0.1) is 16.8 Å². The normalized spacial score (nSPS) is 11.6. The van der Waals surface area contributed by atoms with Gasteiger partial charge in [0, 0.05) is 23.5 Å². The molecule has 8 heteroatoms. The van der Waals surface area contributed by atoms with Crippen LogP contribution in [0.3, 0.4) is 0 Å². The first-order chi connectivity index (χ1) is 13.4. The Labute approximate surface area is 163 Å². The standard InChI is InChI=1S/C20H20N4O3S/c1-15-8-10-17(12-19(15)28(26,27)21-2)23-20(25)11-9-16-13-22-24(14-16)18-6-4-3-5-7-18/h3-14,21H,1-2H3,(H,23,25)/b11-9+. The van der Waals surface area contributed by atoms with Gasteiger partial charge in [0.25, 0.3) is 0 Å². The predicted molar refractivity (Wildman–Crippen MR) is 109 cm³/mol. The van der Waals surface area contributed by atoms with Gasteiger partial charge in [0.2, 0.25) is 15.9 Å². The maximum absolute atomic E-state index is 12.2. The molecule has 0 fully saturated rings. The van der Waals surface area contributed by atoms with E-state index in [1.807, 2.05) is 36.5 Å². The van der Waals surface area contributed by atoms with Crippen molar-refractivity contribution in [3.63, 3.8) is 0 Å². The number of carbonyl (C=O) groups excluding carboxylic acids is 1. The molecule has 1 heterocycles. The number of nitrogens with one attached hydrogen (secondary N) is 2. The molecule has 0 saturated carbocycles. The molecule has 2 aromatic carbocycles. The van der Waals surface area contributed by atoms with E-state index < -0.39 is 10.0 Å². The van der Waals surface area contributed by atoms with E-state index >= 15 is 0 Å². The van der Waals surface area contributed by atoms with Gasteiger partial charge in [-0.1, -0.05) is 24.3 Å². The highest BCUT2D eigenvalue weighted by atomic mass is 32.2. The Bertz CT molecular complexity index is 1120. The first-order valence-corrected chi connectivity index (χ1v) is 10.0. The lowest BCUT2D eigenvalue weighted by Crippen LogP contribution is -2.20. The topological polar surface area (TPSA) is 93.1 Å². The maximum atomic E-state index is 12.2. The fourth-order valence-corrected chi connectivity index (χ4v) is 3.57. The summed E-state index contributed by atoms with van der Waals surface area (Å²) in [6.07, 6.45) is 6.47. The Morgan fingerprint density at radius 3 is 2.61 bits per heavy atom. The molecule has 1 amide bonds. The zero-order valence-electron chi connectivity index (χ0n) is 15.5. The molecule has 2 N–H and O–H groups in total. The third-order valence-corrected chi connectivity index (χ3v) is 5.62. The first-order valence-electron chi connectivity index (χ1n) is 8.52. The van der Waals surface area contributed by atoms with Crippen molar-refractivity contribution in [2.45, 2.75) is 11.8 Å². The number of aryl methyl sites for hydroxylation is 1. The summed E-state index contributed by atoms with van der Waals surface area (Å²) in [4.78, 5) is 12.3. The summed E-state index contributed by atoms with van der Waals surface area (Å²) in [6.45, 7) is 1.69. The minimum Gasteiger partial charge on any atom is -0.322 e. The number of para-hydroxylation sites is 1. The molecule has 0 saturated heterocycles. The quantitative estimate of drug-likeness (QED) is 0.627. The Hall–Kier alpha value is -3.23. The fraction of sp³-hybridized carbons (Fsp3) is 0.100. The number of anilines is 1. The lowest BCUT2D eigenvalue weighted by molar-refractivity contribution is -0.111. The zero-order valence-corrected chi connectivity index (χ0v) is 16.3. The highest BCUT2D eigenvalue weighted by molar-refractivity contribution is 7.89. The van der Waals surface area contributed by atoms with Crippen LogP contribution in [0.15, 0.2) is 71.9 Å². The van der Waals surface area contributed by atoms with Gasteiger partial charge in [-0.2, -0.15) is 5.10 Å². The van der Waals surface area contributed by atoms with Gasteiger partial charge in [0.1, 0.15) is 0 Å². The summed E-state index contributed by atoms with van der Waals surface area (Å²) in [6, 6.07) is 14.4. The molecule has 0 unspecified atom stereocenters. The number of rotatable bonds is 6. The monoisotopic (exact) mass is 396 g/mol. The Morgan fingerprint density at radius 2 is 1.89 bits per heavy atom. The van der Waals surface area contributed by atoms with Gasteiger partial charge in [0.15, 0.2) is 0 Å². The second-order valence-corrected chi connectivity index (χ2v) is 7.92. The lowest BCUT2D eigenvalue weighted by Gasteiger charge is -2.09. The van der Waals surface area contributed by atoms with Crippen molar-refractivity contribution in [1.29, 1.82) is 0 Å². The van der Waals surface area contributed by atoms with Gasteiger partial charge in [-0.15, -0.1) is 0 Å². The molecule has 3 rings (SSSR count). The molecule has 3 aromatic rings. The molecular weight excluding hydrogens is 376 g/mol. The van der Waals surface area contributed by atoms with Crippen LogP contribution in [0.5, 0.6) is 0 Å². The largest absolute Gasteiger partial charge is 0.322 e. The molecule has 0 aliphatic carbocycles. The molecule has 28 heavy (non-hydrogen) atoms. The molecule has 0 radical (unpaired) electrons. The van der Waals surface area contributed by atoms with E-state index in [0.717, 1.165) is 11.3 Å². The molecule has 0 aliphatic rings. The Morgan fingerprint density at radius 1 is 1.14 bits per heavy atom.